The number of carbonyl (C=O) groups excluding carboxylic acids is 1. The lowest BCUT2D eigenvalue weighted by Crippen LogP contribution is -2.42. The van der Waals surface area contributed by atoms with E-state index in [1.807, 2.05) is 6.92 Å². The third-order valence-corrected chi connectivity index (χ3v) is 6.10. The Balaban J connectivity index is 1.73. The summed E-state index contributed by atoms with van der Waals surface area (Å²) in [6, 6.07) is 4.53. The first-order valence-electron chi connectivity index (χ1n) is 8.38. The summed E-state index contributed by atoms with van der Waals surface area (Å²) in [5.74, 6) is 0. The zero-order valence-electron chi connectivity index (χ0n) is 14.1. The Morgan fingerprint density at radius 1 is 1.28 bits per heavy atom. The summed E-state index contributed by atoms with van der Waals surface area (Å²) in [5.41, 5.74) is 1.06. The Labute approximate surface area is 146 Å². The van der Waals surface area contributed by atoms with Crippen LogP contribution in [0, 0.1) is 0 Å². The number of sulfonamides is 1. The smallest absolute Gasteiger partial charge is 0.317 e. The van der Waals surface area contributed by atoms with Gasteiger partial charge in [-0.3, -0.25) is 0 Å². The van der Waals surface area contributed by atoms with E-state index in [0.29, 0.717) is 43.7 Å². The number of nitrogens with zero attached hydrogens (tertiary/aromatic N) is 3. The molecule has 2 aromatic rings. The van der Waals surface area contributed by atoms with Crippen molar-refractivity contribution in [3.63, 3.8) is 0 Å². The predicted molar refractivity (Wildman–Crippen MR) is 92.6 cm³/mol. The fraction of sp³-hybridized carbons (Fsp3) is 0.500. The average Bonchev–Trinajstić information content (AvgIpc) is 2.93. The van der Waals surface area contributed by atoms with Crippen molar-refractivity contribution in [2.45, 2.75) is 24.7 Å². The van der Waals surface area contributed by atoms with Crippen molar-refractivity contribution in [1.82, 2.24) is 19.5 Å². The number of hydrogen-bond acceptors (Lipinski definition) is 5. The second-order valence-corrected chi connectivity index (χ2v) is 7.90. The number of carbonyl (C=O) groups is 1. The molecule has 0 bridgehead atoms. The highest BCUT2D eigenvalue weighted by molar-refractivity contribution is 7.89. The van der Waals surface area contributed by atoms with Gasteiger partial charge in [-0.15, -0.1) is 0 Å². The Bertz CT molecular complexity index is 849. The topological polar surface area (TPSA) is 95.8 Å². The molecule has 9 heteroatoms. The van der Waals surface area contributed by atoms with Gasteiger partial charge in [-0.25, -0.2) is 18.2 Å². The molecule has 1 N–H and O–H groups in total. The number of fused-ring (bicyclic) bond motifs is 1. The Morgan fingerprint density at radius 2 is 2.12 bits per heavy atom. The van der Waals surface area contributed by atoms with Crippen LogP contribution in [0.3, 0.4) is 0 Å². The number of aromatic nitrogens is 1. The summed E-state index contributed by atoms with van der Waals surface area (Å²) in [6.07, 6.45) is 2.76. The van der Waals surface area contributed by atoms with Crippen molar-refractivity contribution < 1.29 is 17.6 Å². The first-order valence-corrected chi connectivity index (χ1v) is 9.82. The first kappa shape index (κ1) is 17.7. The number of rotatable bonds is 4. The second-order valence-electron chi connectivity index (χ2n) is 5.96. The van der Waals surface area contributed by atoms with E-state index in [4.69, 9.17) is 4.42 Å². The molecular weight excluding hydrogens is 344 g/mol. The molecule has 1 aromatic heterocycles. The number of oxazole rings is 1. The van der Waals surface area contributed by atoms with Crippen LogP contribution in [-0.2, 0) is 10.0 Å². The molecular formula is C16H22N4O4S. The van der Waals surface area contributed by atoms with Gasteiger partial charge >= 0.3 is 6.03 Å². The summed E-state index contributed by atoms with van der Waals surface area (Å²) < 4.78 is 32.4. The van der Waals surface area contributed by atoms with E-state index in [2.05, 4.69) is 10.3 Å². The van der Waals surface area contributed by atoms with Crippen LogP contribution in [0.5, 0.6) is 0 Å². The minimum Gasteiger partial charge on any atom is -0.443 e. The van der Waals surface area contributed by atoms with Gasteiger partial charge in [0.2, 0.25) is 10.0 Å². The molecule has 1 aromatic carbocycles. The van der Waals surface area contributed by atoms with Crippen LogP contribution in [0.15, 0.2) is 33.9 Å². The molecule has 0 aliphatic carbocycles. The summed E-state index contributed by atoms with van der Waals surface area (Å²) >= 11 is 0. The van der Waals surface area contributed by atoms with E-state index >= 15 is 0 Å². The lowest BCUT2D eigenvalue weighted by molar-refractivity contribution is 0.200. The van der Waals surface area contributed by atoms with Crippen LogP contribution in [0.2, 0.25) is 0 Å². The van der Waals surface area contributed by atoms with Gasteiger partial charge in [0, 0.05) is 38.8 Å². The molecule has 0 atom stereocenters. The van der Waals surface area contributed by atoms with Gasteiger partial charge in [-0.2, -0.15) is 4.31 Å². The van der Waals surface area contributed by atoms with Crippen molar-refractivity contribution >= 4 is 27.2 Å². The van der Waals surface area contributed by atoms with Crippen LogP contribution in [-0.4, -0.2) is 61.4 Å². The predicted octanol–water partition coefficient (Wildman–Crippen LogP) is 1.64. The molecule has 1 aliphatic rings. The standard InChI is InChI=1S/C16H22N4O4S/c1-2-6-17-16(21)19-7-3-8-20(10-9-19)25(22,23)13-4-5-14-15(11-13)24-12-18-14/h4-5,11-12H,2-3,6-10H2,1H3,(H,17,21). The second kappa shape index (κ2) is 7.40. The fourth-order valence-corrected chi connectivity index (χ4v) is 4.31. The number of urea groups is 1. The van der Waals surface area contributed by atoms with Crippen molar-refractivity contribution in [2.75, 3.05) is 32.7 Å². The summed E-state index contributed by atoms with van der Waals surface area (Å²) in [5, 5.41) is 2.83. The van der Waals surface area contributed by atoms with Crippen molar-refractivity contribution in [2.24, 2.45) is 0 Å². The molecule has 0 radical (unpaired) electrons. The van der Waals surface area contributed by atoms with Crippen LogP contribution < -0.4 is 5.32 Å². The molecule has 1 saturated heterocycles. The van der Waals surface area contributed by atoms with Gasteiger partial charge in [0.15, 0.2) is 12.0 Å². The summed E-state index contributed by atoms with van der Waals surface area (Å²) in [7, 11) is -3.63. The fourth-order valence-electron chi connectivity index (χ4n) is 2.83. The maximum absolute atomic E-state index is 12.9. The van der Waals surface area contributed by atoms with Gasteiger partial charge in [0.25, 0.3) is 0 Å². The number of benzene rings is 1. The maximum atomic E-state index is 12.9. The number of amides is 2. The van der Waals surface area contributed by atoms with E-state index in [0.717, 1.165) is 6.42 Å². The molecule has 2 amide bonds. The lowest BCUT2D eigenvalue weighted by atomic mass is 10.3. The molecule has 8 nitrogen and oxygen atoms in total. The van der Waals surface area contributed by atoms with E-state index in [-0.39, 0.29) is 17.5 Å². The molecule has 1 aliphatic heterocycles. The van der Waals surface area contributed by atoms with Crippen molar-refractivity contribution in [3.8, 4) is 0 Å². The van der Waals surface area contributed by atoms with Gasteiger partial charge < -0.3 is 14.6 Å². The number of hydrogen-bond donors (Lipinski definition) is 1. The van der Waals surface area contributed by atoms with E-state index < -0.39 is 10.0 Å². The minimum atomic E-state index is -3.63. The van der Waals surface area contributed by atoms with Gasteiger partial charge in [-0.1, -0.05) is 6.92 Å². The molecule has 0 saturated carbocycles. The molecule has 25 heavy (non-hydrogen) atoms. The van der Waals surface area contributed by atoms with Crippen molar-refractivity contribution in [3.05, 3.63) is 24.6 Å². The van der Waals surface area contributed by atoms with Gasteiger partial charge in [0.1, 0.15) is 5.52 Å². The first-order chi connectivity index (χ1) is 12.0. The Hall–Kier alpha value is -2.13. The monoisotopic (exact) mass is 366 g/mol. The zero-order chi connectivity index (χ0) is 17.9. The van der Waals surface area contributed by atoms with Crippen LogP contribution in [0.25, 0.3) is 11.1 Å². The van der Waals surface area contributed by atoms with E-state index in [1.54, 1.807) is 11.0 Å². The van der Waals surface area contributed by atoms with Gasteiger partial charge in [-0.05, 0) is 25.0 Å². The van der Waals surface area contributed by atoms with E-state index in [1.165, 1.54) is 22.8 Å². The quantitative estimate of drug-likeness (QED) is 0.887. The molecule has 0 spiro atoms. The Kier molecular flexibility index (Phi) is 5.24. The minimum absolute atomic E-state index is 0.135. The highest BCUT2D eigenvalue weighted by Crippen LogP contribution is 2.22. The highest BCUT2D eigenvalue weighted by Gasteiger charge is 2.28. The van der Waals surface area contributed by atoms with Crippen molar-refractivity contribution in [1.29, 1.82) is 0 Å². The number of nitrogens with one attached hydrogen (secondary N) is 1. The zero-order valence-corrected chi connectivity index (χ0v) is 15.0. The molecule has 136 valence electrons. The third-order valence-electron chi connectivity index (χ3n) is 4.21. The van der Waals surface area contributed by atoms with Crippen LogP contribution >= 0.6 is 0 Å². The molecule has 0 unspecified atom stereocenters. The van der Waals surface area contributed by atoms with Gasteiger partial charge in [0.05, 0.1) is 4.90 Å². The molecule has 3 rings (SSSR count). The van der Waals surface area contributed by atoms with Crippen LogP contribution in [0.1, 0.15) is 19.8 Å². The van der Waals surface area contributed by atoms with Crippen LogP contribution in [0.4, 0.5) is 4.79 Å². The normalized spacial score (nSPS) is 16.8. The molecule has 2 heterocycles. The third kappa shape index (κ3) is 3.77. The molecule has 1 fully saturated rings. The highest BCUT2D eigenvalue weighted by atomic mass is 32.2. The van der Waals surface area contributed by atoms with E-state index in [9.17, 15) is 13.2 Å². The largest absolute Gasteiger partial charge is 0.443 e. The average molecular weight is 366 g/mol. The summed E-state index contributed by atoms with van der Waals surface area (Å²) in [6.45, 7) is 4.18. The maximum Gasteiger partial charge on any atom is 0.317 e. The Morgan fingerprint density at radius 3 is 2.92 bits per heavy atom. The summed E-state index contributed by atoms with van der Waals surface area (Å²) in [4.78, 5) is 17.9. The lowest BCUT2D eigenvalue weighted by Gasteiger charge is -2.22. The SMILES string of the molecule is CCCNC(=O)N1CCCN(S(=O)(=O)c2ccc3ncoc3c2)CC1.